The predicted octanol–water partition coefficient (Wildman–Crippen LogP) is 3.19. The van der Waals surface area contributed by atoms with Gasteiger partial charge >= 0.3 is 0 Å². The summed E-state index contributed by atoms with van der Waals surface area (Å²) in [5.41, 5.74) is 0. The van der Waals surface area contributed by atoms with Gasteiger partial charge in [0.2, 0.25) is 0 Å². The number of halogens is 1. The van der Waals surface area contributed by atoms with E-state index in [0.29, 0.717) is 13.1 Å². The first kappa shape index (κ1) is 17.7. The van der Waals surface area contributed by atoms with E-state index < -0.39 is 0 Å². The van der Waals surface area contributed by atoms with Gasteiger partial charge in [-0.2, -0.15) is 0 Å². The van der Waals surface area contributed by atoms with Crippen LogP contribution < -0.4 is 0 Å². The molecule has 0 aromatic heterocycles. The minimum atomic E-state index is 0. The van der Waals surface area contributed by atoms with Gasteiger partial charge in [0.1, 0.15) is 0 Å². The Labute approximate surface area is 82.1 Å². The molecule has 0 fully saturated rings. The molecule has 12 heavy (non-hydrogen) atoms. The van der Waals surface area contributed by atoms with Crippen molar-refractivity contribution in [2.75, 3.05) is 6.61 Å². The lowest BCUT2D eigenvalue weighted by Gasteiger charge is -1.86. The first-order chi connectivity index (χ1) is 5.33. The number of rotatable bonds is 5. The van der Waals surface area contributed by atoms with Gasteiger partial charge in [0.25, 0.3) is 6.47 Å². The van der Waals surface area contributed by atoms with E-state index in [-0.39, 0.29) is 12.4 Å². The molecule has 0 aliphatic heterocycles. The quantitative estimate of drug-likeness (QED) is 0.499. The summed E-state index contributed by atoms with van der Waals surface area (Å²) in [6.07, 6.45) is 5.54. The second-order valence-electron chi connectivity index (χ2n) is 2.26. The van der Waals surface area contributed by atoms with Crippen LogP contribution in [0.1, 0.15) is 46.5 Å². The van der Waals surface area contributed by atoms with Gasteiger partial charge in [-0.15, -0.1) is 12.4 Å². The molecule has 0 aliphatic carbocycles. The molecule has 0 bridgehead atoms. The van der Waals surface area contributed by atoms with E-state index in [4.69, 9.17) is 0 Å². The molecule has 2 nitrogen and oxygen atoms in total. The summed E-state index contributed by atoms with van der Waals surface area (Å²) in [6.45, 7) is 7.13. The molecule has 0 N–H and O–H groups in total. The van der Waals surface area contributed by atoms with Crippen LogP contribution in [-0.4, -0.2) is 13.1 Å². The van der Waals surface area contributed by atoms with Gasteiger partial charge in [0.15, 0.2) is 0 Å². The van der Waals surface area contributed by atoms with Crippen molar-refractivity contribution in [1.82, 2.24) is 0 Å². The second kappa shape index (κ2) is 22.4. The molecule has 0 atom stereocenters. The summed E-state index contributed by atoms with van der Waals surface area (Å²) >= 11 is 0. The summed E-state index contributed by atoms with van der Waals surface area (Å²) in [6, 6.07) is 0. The topological polar surface area (TPSA) is 26.3 Å². The highest BCUT2D eigenvalue weighted by molar-refractivity contribution is 5.85. The molecule has 0 aliphatic rings. The van der Waals surface area contributed by atoms with Crippen molar-refractivity contribution < 1.29 is 9.53 Å². The molecule has 0 heterocycles. The molecule has 0 unspecified atom stereocenters. The minimum absolute atomic E-state index is 0. The van der Waals surface area contributed by atoms with Crippen LogP contribution in [0.3, 0.4) is 0 Å². The lowest BCUT2D eigenvalue weighted by Crippen LogP contribution is -1.80. The lowest BCUT2D eigenvalue weighted by atomic mass is 10.2. The molecule has 0 rings (SSSR count). The predicted molar refractivity (Wildman–Crippen MR) is 54.8 cm³/mol. The first-order valence-electron chi connectivity index (χ1n) is 4.38. The molecule has 0 saturated heterocycles. The summed E-state index contributed by atoms with van der Waals surface area (Å²) in [7, 11) is 0. The van der Waals surface area contributed by atoms with Crippen LogP contribution in [0.25, 0.3) is 0 Å². The Hall–Kier alpha value is -0.240. The van der Waals surface area contributed by atoms with Gasteiger partial charge in [0.05, 0.1) is 6.61 Å². The number of ether oxygens (including phenoxy) is 1. The third kappa shape index (κ3) is 33.1. The van der Waals surface area contributed by atoms with Crippen molar-refractivity contribution in [3.8, 4) is 0 Å². The van der Waals surface area contributed by atoms with Crippen LogP contribution in [0, 0.1) is 0 Å². The summed E-state index contributed by atoms with van der Waals surface area (Å²) in [5.74, 6) is 0. The van der Waals surface area contributed by atoms with Gasteiger partial charge < -0.3 is 4.74 Å². The summed E-state index contributed by atoms with van der Waals surface area (Å²) in [5, 5.41) is 0. The van der Waals surface area contributed by atoms with Crippen LogP contribution in [0.4, 0.5) is 0 Å². The van der Waals surface area contributed by atoms with Crippen molar-refractivity contribution in [1.29, 1.82) is 0 Å². The fraction of sp³-hybridized carbons (Fsp3) is 0.889. The van der Waals surface area contributed by atoms with Crippen LogP contribution in [0.2, 0.25) is 0 Å². The zero-order valence-electron chi connectivity index (χ0n) is 8.34. The van der Waals surface area contributed by atoms with Crippen molar-refractivity contribution in [2.45, 2.75) is 46.5 Å². The minimum Gasteiger partial charge on any atom is -0.468 e. The molecule has 0 aromatic carbocycles. The summed E-state index contributed by atoms with van der Waals surface area (Å²) in [4.78, 5) is 9.18. The lowest BCUT2D eigenvalue weighted by molar-refractivity contribution is -0.128. The highest BCUT2D eigenvalue weighted by atomic mass is 35.5. The van der Waals surface area contributed by atoms with Crippen molar-refractivity contribution in [3.63, 3.8) is 0 Å². The molecule has 0 spiro atoms. The number of hydrogen-bond donors (Lipinski definition) is 0. The number of carbonyl (C=O) groups is 1. The Kier molecular flexibility index (Phi) is 33.2. The van der Waals surface area contributed by atoms with Gasteiger partial charge in [-0.25, -0.2) is 0 Å². The van der Waals surface area contributed by atoms with Gasteiger partial charge in [-0.05, 0) is 6.92 Å². The highest BCUT2D eigenvalue weighted by Gasteiger charge is 1.75. The Morgan fingerprint density at radius 3 is 1.58 bits per heavy atom. The zero-order valence-corrected chi connectivity index (χ0v) is 9.15. The van der Waals surface area contributed by atoms with Crippen molar-refractivity contribution in [3.05, 3.63) is 0 Å². The third-order valence-electron chi connectivity index (χ3n) is 1.19. The van der Waals surface area contributed by atoms with E-state index in [2.05, 4.69) is 18.6 Å². The Bertz CT molecular complexity index is 63.5. The standard InChI is InChI=1S/C6H14.C3H6O2.ClH/c1-3-5-6-4-2;1-2-5-3-4;/h3-6H2,1-2H3;3H,2H2,1H3;1H. The SMILES string of the molecule is CCCCCC.CCOC=O.Cl. The zero-order chi connectivity index (χ0) is 8.95. The number of hydrogen-bond acceptors (Lipinski definition) is 2. The molecule has 0 saturated carbocycles. The molecular formula is C9H21ClO2. The molecular weight excluding hydrogens is 176 g/mol. The highest BCUT2D eigenvalue weighted by Crippen LogP contribution is 1.95. The van der Waals surface area contributed by atoms with Gasteiger partial charge in [-0.3, -0.25) is 4.79 Å². The van der Waals surface area contributed by atoms with Gasteiger partial charge in [0, 0.05) is 0 Å². The normalized spacial score (nSPS) is 7.25. The second-order valence-corrected chi connectivity index (χ2v) is 2.26. The smallest absolute Gasteiger partial charge is 0.293 e. The monoisotopic (exact) mass is 196 g/mol. The Balaban J connectivity index is -0.000000126. The largest absolute Gasteiger partial charge is 0.468 e. The van der Waals surface area contributed by atoms with Crippen molar-refractivity contribution in [2.24, 2.45) is 0 Å². The van der Waals surface area contributed by atoms with E-state index in [0.717, 1.165) is 0 Å². The third-order valence-corrected chi connectivity index (χ3v) is 1.19. The van der Waals surface area contributed by atoms with Crippen LogP contribution >= 0.6 is 12.4 Å². The molecule has 0 aromatic rings. The maximum Gasteiger partial charge on any atom is 0.293 e. The maximum absolute atomic E-state index is 9.18. The number of unbranched alkanes of at least 4 members (excludes halogenated alkanes) is 3. The van der Waals surface area contributed by atoms with E-state index >= 15 is 0 Å². The molecule has 3 heteroatoms. The maximum atomic E-state index is 9.18. The summed E-state index contributed by atoms with van der Waals surface area (Å²) < 4.78 is 4.15. The van der Waals surface area contributed by atoms with Gasteiger partial charge in [-0.1, -0.05) is 39.5 Å². The van der Waals surface area contributed by atoms with Crippen LogP contribution in [-0.2, 0) is 9.53 Å². The Morgan fingerprint density at radius 1 is 1.08 bits per heavy atom. The first-order valence-corrected chi connectivity index (χ1v) is 4.38. The van der Waals surface area contributed by atoms with E-state index in [1.807, 2.05) is 0 Å². The van der Waals surface area contributed by atoms with E-state index in [1.165, 1.54) is 25.7 Å². The number of carbonyl (C=O) groups excluding carboxylic acids is 1. The molecule has 76 valence electrons. The fourth-order valence-corrected chi connectivity index (χ4v) is 0.568. The fourth-order valence-electron chi connectivity index (χ4n) is 0.568. The average molecular weight is 197 g/mol. The van der Waals surface area contributed by atoms with Crippen LogP contribution in [0.15, 0.2) is 0 Å². The average Bonchev–Trinajstić information content (AvgIpc) is 2.04. The van der Waals surface area contributed by atoms with Crippen molar-refractivity contribution >= 4 is 18.9 Å². The Morgan fingerprint density at radius 2 is 1.50 bits per heavy atom. The van der Waals surface area contributed by atoms with E-state index in [9.17, 15) is 4.79 Å². The molecule has 0 amide bonds. The molecule has 0 radical (unpaired) electrons. The van der Waals surface area contributed by atoms with Crippen LogP contribution in [0.5, 0.6) is 0 Å². The van der Waals surface area contributed by atoms with E-state index in [1.54, 1.807) is 6.92 Å².